The summed E-state index contributed by atoms with van der Waals surface area (Å²) < 4.78 is 8.17. The number of nitrogens with zero attached hydrogens (tertiary/aromatic N) is 3. The number of rotatable bonds is 9. The number of nitrogens with one attached hydrogen (secondary N) is 1. The number of β-amino-alcohol motifs (C(OH)–C–C–N with tert-alkyl or cyclic N) is 1. The lowest BCUT2D eigenvalue weighted by molar-refractivity contribution is 0.0711. The van der Waals surface area contributed by atoms with E-state index in [1.165, 1.54) is 0 Å². The van der Waals surface area contributed by atoms with E-state index >= 15 is 0 Å². The lowest BCUT2D eigenvalue weighted by Crippen LogP contribution is -2.40. The molecule has 0 unspecified atom stereocenters. The van der Waals surface area contributed by atoms with E-state index in [2.05, 4.69) is 32.0 Å². The van der Waals surface area contributed by atoms with Gasteiger partial charge in [-0.25, -0.2) is 4.98 Å². The fraction of sp³-hybridized carbons (Fsp3) is 0.550. The van der Waals surface area contributed by atoms with Gasteiger partial charge in [-0.3, -0.25) is 4.90 Å². The van der Waals surface area contributed by atoms with E-state index in [1.54, 1.807) is 0 Å². The van der Waals surface area contributed by atoms with Gasteiger partial charge < -0.3 is 19.7 Å². The van der Waals surface area contributed by atoms with Crippen molar-refractivity contribution in [1.82, 2.24) is 19.8 Å². The van der Waals surface area contributed by atoms with Crippen LogP contribution in [0.1, 0.15) is 11.3 Å². The summed E-state index contributed by atoms with van der Waals surface area (Å²) in [6.45, 7) is 5.63. The molecule has 4 rings (SSSR count). The van der Waals surface area contributed by atoms with Crippen LogP contribution in [0, 0.1) is 0 Å². The van der Waals surface area contributed by atoms with E-state index in [-0.39, 0.29) is 0 Å². The monoisotopic (exact) mass is 420 g/mol. The number of aliphatic hydroxyl groups excluding tert-OH is 1. The third-order valence-corrected chi connectivity index (χ3v) is 6.86. The van der Waals surface area contributed by atoms with E-state index in [4.69, 9.17) is 4.74 Å². The van der Waals surface area contributed by atoms with Gasteiger partial charge >= 0.3 is 0 Å². The van der Waals surface area contributed by atoms with Crippen molar-refractivity contribution >= 4 is 23.5 Å². The summed E-state index contributed by atoms with van der Waals surface area (Å²) in [5.74, 6) is 4.27. The molecule has 6 nitrogen and oxygen atoms in total. The lowest BCUT2D eigenvalue weighted by atomic mass is 10.2. The summed E-state index contributed by atoms with van der Waals surface area (Å²) in [7, 11) is 0. The van der Waals surface area contributed by atoms with Crippen LogP contribution in [0.4, 0.5) is 0 Å². The average Bonchev–Trinajstić information content (AvgIpc) is 3.30. The van der Waals surface area contributed by atoms with Crippen LogP contribution < -0.4 is 10.1 Å². The fourth-order valence-corrected chi connectivity index (χ4v) is 5.42. The number of hydrogen-bond donors (Lipinski definition) is 2. The molecule has 0 aliphatic carbocycles. The second-order valence-electron chi connectivity index (χ2n) is 7.15. The highest BCUT2D eigenvalue weighted by Crippen LogP contribution is 2.24. The first-order chi connectivity index (χ1) is 13.8. The molecular weight excluding hydrogens is 392 g/mol. The van der Waals surface area contributed by atoms with E-state index < -0.39 is 6.10 Å². The number of thioether (sulfide) groups is 2. The Labute approximate surface area is 175 Å². The van der Waals surface area contributed by atoms with Gasteiger partial charge in [0.15, 0.2) is 5.16 Å². The highest BCUT2D eigenvalue weighted by molar-refractivity contribution is 7.99. The minimum Gasteiger partial charge on any atom is -0.491 e. The molecule has 0 bridgehead atoms. The second-order valence-corrected chi connectivity index (χ2v) is 9.43. The van der Waals surface area contributed by atoms with Gasteiger partial charge in [0.05, 0.1) is 5.69 Å². The number of imidazole rings is 1. The van der Waals surface area contributed by atoms with Crippen LogP contribution in [0.25, 0.3) is 0 Å². The standard InChI is InChI=1S/C20H28N4O2S2/c25-18(14-23-5-8-27-9-6-23)15-26-19-4-2-1-3-16(19)11-21-12-17-13-24-7-10-28-20(24)22-17/h1-4,13,18,21,25H,5-12,14-15H2/t18-/m0/s1. The smallest absolute Gasteiger partial charge is 0.168 e. The molecule has 2 aliphatic rings. The summed E-state index contributed by atoms with van der Waals surface area (Å²) in [6.07, 6.45) is 1.68. The van der Waals surface area contributed by atoms with Gasteiger partial charge in [0, 0.05) is 68.3 Å². The molecule has 1 aromatic carbocycles. The zero-order chi connectivity index (χ0) is 19.2. The van der Waals surface area contributed by atoms with Gasteiger partial charge in [0.2, 0.25) is 0 Å². The SMILES string of the molecule is O[C@H](COc1ccccc1CNCc1cn2c(n1)SCC2)CN1CCSCC1. The molecule has 1 atom stereocenters. The van der Waals surface area contributed by atoms with Crippen LogP contribution >= 0.6 is 23.5 Å². The van der Waals surface area contributed by atoms with Gasteiger partial charge in [-0.05, 0) is 6.07 Å². The third-order valence-electron chi connectivity index (χ3n) is 4.95. The summed E-state index contributed by atoms with van der Waals surface area (Å²) >= 11 is 3.80. The molecule has 28 heavy (non-hydrogen) atoms. The number of aliphatic hydroxyl groups is 1. The zero-order valence-corrected chi connectivity index (χ0v) is 17.7. The number of aromatic nitrogens is 2. The van der Waals surface area contributed by atoms with Gasteiger partial charge in [0.25, 0.3) is 0 Å². The maximum Gasteiger partial charge on any atom is 0.168 e. The Kier molecular flexibility index (Phi) is 7.20. The Morgan fingerprint density at radius 3 is 2.86 bits per heavy atom. The van der Waals surface area contributed by atoms with Crippen molar-refractivity contribution in [3.63, 3.8) is 0 Å². The predicted octanol–water partition coefficient (Wildman–Crippen LogP) is 2.07. The first-order valence-electron chi connectivity index (χ1n) is 9.86. The highest BCUT2D eigenvalue weighted by atomic mass is 32.2. The quantitative estimate of drug-likeness (QED) is 0.644. The number of ether oxygens (including phenoxy) is 1. The Morgan fingerprint density at radius 1 is 1.14 bits per heavy atom. The average molecular weight is 421 g/mol. The topological polar surface area (TPSA) is 62.6 Å². The van der Waals surface area contributed by atoms with Crippen molar-refractivity contribution in [3.8, 4) is 5.75 Å². The van der Waals surface area contributed by atoms with Gasteiger partial charge in [-0.1, -0.05) is 30.0 Å². The number of aryl methyl sites for hydroxylation is 1. The first kappa shape index (κ1) is 20.1. The number of hydrogen-bond acceptors (Lipinski definition) is 7. The van der Waals surface area contributed by atoms with Crippen LogP contribution in [0.2, 0.25) is 0 Å². The van der Waals surface area contributed by atoms with Gasteiger partial charge in [-0.15, -0.1) is 0 Å². The Bertz CT molecular complexity index is 743. The Morgan fingerprint density at radius 2 is 2.00 bits per heavy atom. The van der Waals surface area contributed by atoms with Crippen molar-refractivity contribution in [1.29, 1.82) is 0 Å². The summed E-state index contributed by atoms with van der Waals surface area (Å²) in [4.78, 5) is 6.97. The largest absolute Gasteiger partial charge is 0.491 e. The molecule has 3 heterocycles. The van der Waals surface area contributed by atoms with Crippen LogP contribution in [0.3, 0.4) is 0 Å². The second kappa shape index (κ2) is 10.0. The predicted molar refractivity (Wildman–Crippen MR) is 115 cm³/mol. The minimum atomic E-state index is -0.463. The molecular formula is C20H28N4O2S2. The maximum absolute atomic E-state index is 10.3. The minimum absolute atomic E-state index is 0.325. The molecule has 1 aromatic heterocycles. The molecule has 1 saturated heterocycles. The molecule has 152 valence electrons. The normalized spacial score (nSPS) is 18.2. The Hall–Kier alpha value is -1.19. The third kappa shape index (κ3) is 5.45. The van der Waals surface area contributed by atoms with Crippen molar-refractivity contribution in [2.75, 3.05) is 43.5 Å². The lowest BCUT2D eigenvalue weighted by Gasteiger charge is -2.28. The van der Waals surface area contributed by atoms with E-state index in [0.29, 0.717) is 19.7 Å². The van der Waals surface area contributed by atoms with Gasteiger partial charge in [0.1, 0.15) is 18.5 Å². The molecule has 1 fully saturated rings. The van der Waals surface area contributed by atoms with Gasteiger partial charge in [-0.2, -0.15) is 11.8 Å². The van der Waals surface area contributed by atoms with E-state index in [0.717, 1.165) is 65.6 Å². The summed E-state index contributed by atoms with van der Waals surface area (Å²) in [5, 5.41) is 14.9. The Balaban J connectivity index is 1.24. The van der Waals surface area contributed by atoms with Crippen LogP contribution in [-0.4, -0.2) is 69.2 Å². The number of benzene rings is 1. The van der Waals surface area contributed by atoms with Crippen LogP contribution in [-0.2, 0) is 19.6 Å². The molecule has 2 N–H and O–H groups in total. The maximum atomic E-state index is 10.3. The first-order valence-corrected chi connectivity index (χ1v) is 12.0. The molecule has 2 aliphatic heterocycles. The highest BCUT2D eigenvalue weighted by Gasteiger charge is 2.16. The summed E-state index contributed by atoms with van der Waals surface area (Å²) in [5.41, 5.74) is 2.18. The molecule has 0 amide bonds. The van der Waals surface area contributed by atoms with Crippen molar-refractivity contribution in [3.05, 3.63) is 41.7 Å². The number of para-hydroxylation sites is 1. The van der Waals surface area contributed by atoms with Crippen LogP contribution in [0.15, 0.2) is 35.6 Å². The van der Waals surface area contributed by atoms with Crippen molar-refractivity contribution < 1.29 is 9.84 Å². The van der Waals surface area contributed by atoms with Crippen molar-refractivity contribution in [2.45, 2.75) is 30.9 Å². The van der Waals surface area contributed by atoms with E-state index in [9.17, 15) is 5.11 Å². The summed E-state index contributed by atoms with van der Waals surface area (Å²) in [6, 6.07) is 8.04. The number of fused-ring (bicyclic) bond motifs is 1. The molecule has 0 radical (unpaired) electrons. The molecule has 8 heteroatoms. The van der Waals surface area contributed by atoms with Crippen LogP contribution in [0.5, 0.6) is 5.75 Å². The molecule has 2 aromatic rings. The van der Waals surface area contributed by atoms with Crippen molar-refractivity contribution in [2.24, 2.45) is 0 Å². The zero-order valence-electron chi connectivity index (χ0n) is 16.0. The fourth-order valence-electron chi connectivity index (χ4n) is 3.48. The molecule has 0 saturated carbocycles. The molecule has 0 spiro atoms. The van der Waals surface area contributed by atoms with E-state index in [1.807, 2.05) is 41.7 Å².